The summed E-state index contributed by atoms with van der Waals surface area (Å²) in [6.07, 6.45) is 4.92. The van der Waals surface area contributed by atoms with Gasteiger partial charge in [-0.3, -0.25) is 4.90 Å². The van der Waals surface area contributed by atoms with Gasteiger partial charge in [0.25, 0.3) is 0 Å². The first-order valence-electron chi connectivity index (χ1n) is 9.43. The van der Waals surface area contributed by atoms with Crippen LogP contribution in [-0.2, 0) is 16.6 Å². The predicted octanol–water partition coefficient (Wildman–Crippen LogP) is 3.34. The molecule has 5 nitrogen and oxygen atoms in total. The van der Waals surface area contributed by atoms with Gasteiger partial charge in [0.05, 0.1) is 17.7 Å². The van der Waals surface area contributed by atoms with Crippen molar-refractivity contribution in [3.63, 3.8) is 0 Å². The third-order valence-corrected chi connectivity index (χ3v) is 7.88. The van der Waals surface area contributed by atoms with Crippen molar-refractivity contribution in [2.24, 2.45) is 11.8 Å². The average Bonchev–Trinajstić information content (AvgIpc) is 3.31. The first-order valence-corrected chi connectivity index (χ1v) is 10.9. The molecule has 2 fully saturated rings. The van der Waals surface area contributed by atoms with E-state index in [1.54, 1.807) is 10.6 Å². The summed E-state index contributed by atoms with van der Waals surface area (Å²) < 4.78 is 46.2. The van der Waals surface area contributed by atoms with Gasteiger partial charge >= 0.3 is 0 Å². The van der Waals surface area contributed by atoms with Crippen LogP contribution < -0.4 is 0 Å². The maximum atomic E-state index is 13.2. The molecule has 146 valence electrons. The van der Waals surface area contributed by atoms with Crippen LogP contribution in [0.4, 0.5) is 4.39 Å². The maximum absolute atomic E-state index is 13.2. The molecule has 0 bridgehead atoms. The Hall–Kier alpha value is -1.70. The lowest BCUT2D eigenvalue weighted by atomic mass is 9.77. The second-order valence-corrected chi connectivity index (χ2v) is 9.63. The molecule has 1 aromatic carbocycles. The quantitative estimate of drug-likeness (QED) is 0.783. The summed E-state index contributed by atoms with van der Waals surface area (Å²) in [6.45, 7) is 1.80. The zero-order valence-electron chi connectivity index (χ0n) is 15.4. The van der Waals surface area contributed by atoms with Gasteiger partial charge in [-0.2, -0.15) is 4.31 Å². The largest absolute Gasteiger partial charge is 0.468 e. The second-order valence-electron chi connectivity index (χ2n) is 7.69. The van der Waals surface area contributed by atoms with Crippen molar-refractivity contribution in [3.05, 3.63) is 54.2 Å². The summed E-state index contributed by atoms with van der Waals surface area (Å²) in [6, 6.07) is 9.31. The molecular formula is C20H25FN2O3S. The van der Waals surface area contributed by atoms with E-state index in [9.17, 15) is 12.8 Å². The fraction of sp³-hybridized carbons (Fsp3) is 0.500. The minimum atomic E-state index is -3.58. The lowest BCUT2D eigenvalue weighted by Crippen LogP contribution is -2.43. The Kier molecular flexibility index (Phi) is 5.09. The molecule has 7 heteroatoms. The average molecular weight is 392 g/mol. The Morgan fingerprint density at radius 3 is 2.67 bits per heavy atom. The molecule has 1 aliphatic carbocycles. The summed E-state index contributed by atoms with van der Waals surface area (Å²) in [7, 11) is -1.49. The molecule has 0 N–H and O–H groups in total. The lowest BCUT2D eigenvalue weighted by molar-refractivity contribution is 0.0999. The monoisotopic (exact) mass is 392 g/mol. The van der Waals surface area contributed by atoms with E-state index in [4.69, 9.17) is 4.42 Å². The normalized spacial score (nSPS) is 26.4. The van der Waals surface area contributed by atoms with Crippen LogP contribution in [-0.4, -0.2) is 43.8 Å². The molecule has 0 spiro atoms. The number of hydrogen-bond donors (Lipinski definition) is 0. The minimum absolute atomic E-state index is 0.169. The lowest BCUT2D eigenvalue weighted by Gasteiger charge is -2.38. The van der Waals surface area contributed by atoms with Crippen molar-refractivity contribution >= 4 is 10.0 Å². The highest BCUT2D eigenvalue weighted by Gasteiger charge is 2.45. The molecule has 2 heterocycles. The number of fused-ring (bicyclic) bond motifs is 1. The van der Waals surface area contributed by atoms with Crippen LogP contribution >= 0.6 is 0 Å². The zero-order chi connectivity index (χ0) is 19.0. The van der Waals surface area contributed by atoms with Gasteiger partial charge in [0.1, 0.15) is 11.6 Å². The van der Waals surface area contributed by atoms with Crippen molar-refractivity contribution in [3.8, 4) is 0 Å². The zero-order valence-corrected chi connectivity index (χ0v) is 16.2. The molecule has 0 unspecified atom stereocenters. The molecule has 1 saturated carbocycles. The molecule has 2 aliphatic rings. The first kappa shape index (κ1) is 18.7. The van der Waals surface area contributed by atoms with Crippen LogP contribution in [0.5, 0.6) is 0 Å². The van der Waals surface area contributed by atoms with Crippen molar-refractivity contribution < 1.29 is 17.2 Å². The molecular weight excluding hydrogens is 367 g/mol. The van der Waals surface area contributed by atoms with Gasteiger partial charge in [0.15, 0.2) is 0 Å². The Balaban J connectivity index is 1.51. The van der Waals surface area contributed by atoms with Crippen molar-refractivity contribution in [1.29, 1.82) is 0 Å². The minimum Gasteiger partial charge on any atom is -0.468 e. The Morgan fingerprint density at radius 2 is 1.96 bits per heavy atom. The highest BCUT2D eigenvalue weighted by molar-refractivity contribution is 7.89. The van der Waals surface area contributed by atoms with Gasteiger partial charge < -0.3 is 4.42 Å². The topological polar surface area (TPSA) is 53.8 Å². The molecule has 4 rings (SSSR count). The number of furan rings is 1. The van der Waals surface area contributed by atoms with Gasteiger partial charge in [-0.05, 0) is 68.1 Å². The molecule has 1 saturated heterocycles. The van der Waals surface area contributed by atoms with Gasteiger partial charge in [-0.15, -0.1) is 0 Å². The maximum Gasteiger partial charge on any atom is 0.243 e. The van der Waals surface area contributed by atoms with E-state index in [0.717, 1.165) is 31.6 Å². The van der Waals surface area contributed by atoms with E-state index in [1.165, 1.54) is 24.3 Å². The van der Waals surface area contributed by atoms with Crippen LogP contribution in [0.2, 0.25) is 0 Å². The molecule has 1 aromatic heterocycles. The summed E-state index contributed by atoms with van der Waals surface area (Å²) in [5, 5.41) is 0. The molecule has 2 aromatic rings. The van der Waals surface area contributed by atoms with E-state index in [1.807, 2.05) is 12.1 Å². The molecule has 0 amide bonds. The van der Waals surface area contributed by atoms with Crippen LogP contribution in [0.3, 0.4) is 0 Å². The first-order chi connectivity index (χ1) is 12.9. The van der Waals surface area contributed by atoms with Gasteiger partial charge in [0.2, 0.25) is 10.0 Å². The summed E-state index contributed by atoms with van der Waals surface area (Å²) >= 11 is 0. The van der Waals surface area contributed by atoms with Gasteiger partial charge in [-0.1, -0.05) is 6.42 Å². The van der Waals surface area contributed by atoms with Crippen LogP contribution in [0, 0.1) is 17.7 Å². The van der Waals surface area contributed by atoms with Crippen molar-refractivity contribution in [2.75, 3.05) is 20.1 Å². The highest BCUT2D eigenvalue weighted by Crippen LogP contribution is 2.40. The van der Waals surface area contributed by atoms with E-state index in [-0.39, 0.29) is 4.90 Å². The van der Waals surface area contributed by atoms with Gasteiger partial charge in [0, 0.05) is 19.1 Å². The van der Waals surface area contributed by atoms with Crippen molar-refractivity contribution in [1.82, 2.24) is 9.21 Å². The highest BCUT2D eigenvalue weighted by atomic mass is 32.2. The molecule has 3 atom stereocenters. The number of nitrogens with zero attached hydrogens (tertiary/aromatic N) is 2. The van der Waals surface area contributed by atoms with Crippen LogP contribution in [0.1, 0.15) is 25.0 Å². The van der Waals surface area contributed by atoms with Crippen LogP contribution in [0.15, 0.2) is 52.0 Å². The molecule has 27 heavy (non-hydrogen) atoms. The Labute approximate surface area is 159 Å². The standard InChI is InChI=1S/C20H25FN2O3S/c1-22(13-17-5-3-11-26-17)20-6-2-4-15-12-23(14-19(15)20)27(24,25)18-9-7-16(21)8-10-18/h3,5,7-11,15,19-20H,2,4,6,12-14H2,1H3/t15-,19-,20+/m0/s1. The van der Waals surface area contributed by atoms with E-state index < -0.39 is 15.8 Å². The smallest absolute Gasteiger partial charge is 0.243 e. The number of sulfonamides is 1. The fourth-order valence-electron chi connectivity index (χ4n) is 4.66. The molecule has 0 radical (unpaired) electrons. The van der Waals surface area contributed by atoms with Crippen molar-refractivity contribution in [2.45, 2.75) is 36.7 Å². The number of benzene rings is 1. The summed E-state index contributed by atoms with van der Waals surface area (Å²) in [4.78, 5) is 2.46. The molecule has 1 aliphatic heterocycles. The fourth-order valence-corrected chi connectivity index (χ4v) is 6.20. The number of hydrogen-bond acceptors (Lipinski definition) is 4. The predicted molar refractivity (Wildman–Crippen MR) is 100.0 cm³/mol. The van der Waals surface area contributed by atoms with E-state index in [2.05, 4.69) is 11.9 Å². The Bertz CT molecular complexity index is 867. The van der Waals surface area contributed by atoms with E-state index in [0.29, 0.717) is 31.0 Å². The second kappa shape index (κ2) is 7.37. The number of halogens is 1. The number of rotatable bonds is 5. The van der Waals surface area contributed by atoms with Gasteiger partial charge in [-0.25, -0.2) is 12.8 Å². The summed E-state index contributed by atoms with van der Waals surface area (Å²) in [5.74, 6) is 1.18. The summed E-state index contributed by atoms with van der Waals surface area (Å²) in [5.41, 5.74) is 0. The SMILES string of the molecule is CN(Cc1ccco1)[C@@H]1CCC[C@H]2CN(S(=O)(=O)c3ccc(F)cc3)C[C@@H]21. The Morgan fingerprint density at radius 1 is 1.19 bits per heavy atom. The van der Waals surface area contributed by atoms with E-state index >= 15 is 0 Å². The third-order valence-electron chi connectivity index (χ3n) is 6.03. The van der Waals surface area contributed by atoms with Crippen LogP contribution in [0.25, 0.3) is 0 Å². The third kappa shape index (κ3) is 3.68.